The van der Waals surface area contributed by atoms with Crippen molar-refractivity contribution in [3.8, 4) is 28.6 Å². The fourth-order valence-electron chi connectivity index (χ4n) is 5.13. The molecule has 9 nitrogen and oxygen atoms in total. The molecule has 0 bridgehead atoms. The van der Waals surface area contributed by atoms with Crippen LogP contribution in [0, 0.1) is 5.92 Å². The van der Waals surface area contributed by atoms with E-state index >= 15 is 0 Å². The lowest BCUT2D eigenvalue weighted by molar-refractivity contribution is -0.129. The summed E-state index contributed by atoms with van der Waals surface area (Å²) in [7, 11) is 2.89. The molecule has 192 valence electrons. The molecule has 0 radical (unpaired) electrons. The standard InChI is InChI=1S/C28H23ClN4O5/c1-14-9-17(31-16-6-7-18-19(10-16)33-27(32-18)15-5-4-8-30-13-15)11-22(34)28(14)26(35)23-20(36-2)12-21(37-3)24(29)25(23)38-28/h4-8,10-14,31H,9H2,1-3H3,(H,32,33)/t14-,28+/m1/s1. The molecule has 1 aliphatic heterocycles. The zero-order valence-corrected chi connectivity index (χ0v) is 21.6. The Morgan fingerprint density at radius 3 is 2.68 bits per heavy atom. The first-order valence-electron chi connectivity index (χ1n) is 12.0. The number of ketones is 2. The number of fused-ring (bicyclic) bond motifs is 2. The summed E-state index contributed by atoms with van der Waals surface area (Å²) in [5, 5.41) is 3.44. The van der Waals surface area contributed by atoms with Gasteiger partial charge < -0.3 is 24.5 Å². The highest BCUT2D eigenvalue weighted by molar-refractivity contribution is 6.36. The minimum absolute atomic E-state index is 0.104. The molecular weight excluding hydrogens is 508 g/mol. The minimum Gasteiger partial charge on any atom is -0.496 e. The van der Waals surface area contributed by atoms with Crippen LogP contribution in [0.3, 0.4) is 0 Å². The quantitative estimate of drug-likeness (QED) is 0.338. The largest absolute Gasteiger partial charge is 0.496 e. The summed E-state index contributed by atoms with van der Waals surface area (Å²) in [5.74, 6) is -0.0531. The van der Waals surface area contributed by atoms with Gasteiger partial charge in [-0.3, -0.25) is 14.6 Å². The second-order valence-corrected chi connectivity index (χ2v) is 9.67. The van der Waals surface area contributed by atoms with Crippen LogP contribution in [0.2, 0.25) is 5.02 Å². The van der Waals surface area contributed by atoms with Crippen molar-refractivity contribution in [1.29, 1.82) is 0 Å². The molecule has 2 atom stereocenters. The third-order valence-corrected chi connectivity index (χ3v) is 7.39. The van der Waals surface area contributed by atoms with E-state index in [0.29, 0.717) is 17.9 Å². The van der Waals surface area contributed by atoms with Crippen LogP contribution in [0.5, 0.6) is 17.2 Å². The van der Waals surface area contributed by atoms with Crippen LogP contribution in [-0.4, -0.2) is 46.3 Å². The van der Waals surface area contributed by atoms with Crippen molar-refractivity contribution in [2.24, 2.45) is 5.92 Å². The predicted octanol–water partition coefficient (Wildman–Crippen LogP) is 5.21. The maximum atomic E-state index is 13.7. The van der Waals surface area contributed by atoms with Gasteiger partial charge in [-0.1, -0.05) is 18.5 Å². The van der Waals surface area contributed by atoms with Crippen molar-refractivity contribution in [1.82, 2.24) is 15.0 Å². The number of hydrogen-bond donors (Lipinski definition) is 2. The molecule has 0 unspecified atom stereocenters. The number of aromatic amines is 1. The van der Waals surface area contributed by atoms with Crippen LogP contribution in [0.15, 0.2) is 60.6 Å². The van der Waals surface area contributed by atoms with Crippen molar-refractivity contribution < 1.29 is 23.8 Å². The molecule has 1 spiro atoms. The maximum Gasteiger partial charge on any atom is 0.236 e. The van der Waals surface area contributed by atoms with Gasteiger partial charge in [-0.25, -0.2) is 4.98 Å². The van der Waals surface area contributed by atoms with Crippen LogP contribution in [0.1, 0.15) is 23.7 Å². The summed E-state index contributed by atoms with van der Waals surface area (Å²) < 4.78 is 16.8. The summed E-state index contributed by atoms with van der Waals surface area (Å²) in [4.78, 5) is 39.3. The van der Waals surface area contributed by atoms with E-state index in [2.05, 4.69) is 20.3 Å². The van der Waals surface area contributed by atoms with Gasteiger partial charge in [0.2, 0.25) is 17.2 Å². The van der Waals surface area contributed by atoms with Crippen LogP contribution < -0.4 is 19.5 Å². The molecule has 2 aliphatic rings. The van der Waals surface area contributed by atoms with E-state index < -0.39 is 23.1 Å². The van der Waals surface area contributed by atoms with Crippen molar-refractivity contribution in [3.05, 3.63) is 71.2 Å². The van der Waals surface area contributed by atoms with Gasteiger partial charge >= 0.3 is 0 Å². The SMILES string of the molecule is COc1cc(OC)c2c(c1Cl)O[C@@]1(C(=O)C=C(Nc3ccc4nc(-c5cccnc5)[nH]c4c3)C[C@H]1C)C2=O. The highest BCUT2D eigenvalue weighted by Crippen LogP contribution is 2.53. The number of hydrogen-bond acceptors (Lipinski definition) is 8. The number of methoxy groups -OCH3 is 2. The van der Waals surface area contributed by atoms with E-state index in [0.717, 1.165) is 28.1 Å². The fraction of sp³-hybridized carbons (Fsp3) is 0.214. The first kappa shape index (κ1) is 24.0. The Hall–Kier alpha value is -4.37. The van der Waals surface area contributed by atoms with Gasteiger partial charge in [-0.2, -0.15) is 0 Å². The van der Waals surface area contributed by atoms with E-state index in [-0.39, 0.29) is 22.1 Å². The topological polar surface area (TPSA) is 115 Å². The zero-order valence-electron chi connectivity index (χ0n) is 20.8. The first-order valence-corrected chi connectivity index (χ1v) is 12.3. The normalized spacial score (nSPS) is 20.3. The molecule has 3 heterocycles. The molecule has 0 amide bonds. The molecule has 2 aromatic carbocycles. The zero-order chi connectivity index (χ0) is 26.6. The number of rotatable bonds is 5. The van der Waals surface area contributed by atoms with Crippen molar-refractivity contribution >= 4 is 39.9 Å². The van der Waals surface area contributed by atoms with Crippen molar-refractivity contribution in [2.75, 3.05) is 19.5 Å². The van der Waals surface area contributed by atoms with Gasteiger partial charge in [0.05, 0.1) is 25.3 Å². The third kappa shape index (κ3) is 3.53. The second kappa shape index (κ2) is 8.88. The Morgan fingerprint density at radius 1 is 1.16 bits per heavy atom. The number of anilines is 1. The average molecular weight is 531 g/mol. The highest BCUT2D eigenvalue weighted by Gasteiger charge is 2.60. The van der Waals surface area contributed by atoms with Crippen LogP contribution in [0.4, 0.5) is 5.69 Å². The van der Waals surface area contributed by atoms with Crippen LogP contribution in [-0.2, 0) is 4.79 Å². The molecule has 2 N–H and O–H groups in total. The van der Waals surface area contributed by atoms with Gasteiger partial charge in [0.25, 0.3) is 0 Å². The van der Waals surface area contributed by atoms with Crippen LogP contribution in [0.25, 0.3) is 22.4 Å². The third-order valence-electron chi connectivity index (χ3n) is 7.03. The Kier molecular flexibility index (Phi) is 5.61. The summed E-state index contributed by atoms with van der Waals surface area (Å²) in [6.45, 7) is 1.81. The lowest BCUT2D eigenvalue weighted by Gasteiger charge is -2.35. The molecule has 0 fully saturated rings. The smallest absolute Gasteiger partial charge is 0.236 e. The number of aromatic nitrogens is 3. The predicted molar refractivity (Wildman–Crippen MR) is 142 cm³/mol. The minimum atomic E-state index is -1.72. The number of nitrogens with zero attached hydrogens (tertiary/aromatic N) is 2. The lowest BCUT2D eigenvalue weighted by atomic mass is 9.74. The summed E-state index contributed by atoms with van der Waals surface area (Å²) in [6, 6.07) is 11.0. The molecule has 10 heteroatoms. The number of Topliss-reactive ketones (excluding diaryl/α,β-unsaturated/α-hetero) is 1. The fourth-order valence-corrected chi connectivity index (χ4v) is 5.39. The number of imidazole rings is 1. The van der Waals surface area contributed by atoms with Gasteiger partial charge in [0.15, 0.2) is 5.75 Å². The number of ether oxygens (including phenoxy) is 3. The van der Waals surface area contributed by atoms with E-state index in [1.807, 2.05) is 37.3 Å². The molecule has 1 aliphatic carbocycles. The molecule has 0 saturated heterocycles. The first-order chi connectivity index (χ1) is 18.3. The van der Waals surface area contributed by atoms with E-state index in [1.54, 1.807) is 12.4 Å². The Balaban J connectivity index is 1.30. The Morgan fingerprint density at radius 2 is 1.97 bits per heavy atom. The average Bonchev–Trinajstić information content (AvgIpc) is 3.48. The summed E-state index contributed by atoms with van der Waals surface area (Å²) in [5.41, 5.74) is 2.40. The lowest BCUT2D eigenvalue weighted by Crippen LogP contribution is -2.55. The Labute approximate surface area is 222 Å². The van der Waals surface area contributed by atoms with E-state index in [1.165, 1.54) is 26.4 Å². The summed E-state index contributed by atoms with van der Waals surface area (Å²) >= 11 is 6.46. The number of nitrogens with one attached hydrogen (secondary N) is 2. The molecule has 4 aromatic rings. The highest BCUT2D eigenvalue weighted by atomic mass is 35.5. The van der Waals surface area contributed by atoms with Gasteiger partial charge in [0.1, 0.15) is 27.9 Å². The molecule has 0 saturated carbocycles. The van der Waals surface area contributed by atoms with Gasteiger partial charge in [-0.15, -0.1) is 0 Å². The Bertz CT molecular complexity index is 1650. The number of pyridine rings is 1. The number of halogens is 1. The summed E-state index contributed by atoms with van der Waals surface area (Å²) in [6.07, 6.45) is 5.28. The number of carbonyl (C=O) groups is 2. The molecule has 2 aromatic heterocycles. The second-order valence-electron chi connectivity index (χ2n) is 9.29. The maximum absolute atomic E-state index is 13.7. The van der Waals surface area contributed by atoms with Gasteiger partial charge in [-0.05, 0) is 36.8 Å². The number of H-pyrrole nitrogens is 1. The van der Waals surface area contributed by atoms with Crippen LogP contribution >= 0.6 is 11.6 Å². The van der Waals surface area contributed by atoms with E-state index in [4.69, 9.17) is 25.8 Å². The van der Waals surface area contributed by atoms with Crippen molar-refractivity contribution in [3.63, 3.8) is 0 Å². The monoisotopic (exact) mass is 530 g/mol. The number of carbonyl (C=O) groups excluding carboxylic acids is 2. The molecule has 38 heavy (non-hydrogen) atoms. The number of allylic oxidation sites excluding steroid dienone is 1. The van der Waals surface area contributed by atoms with Crippen molar-refractivity contribution in [2.45, 2.75) is 18.9 Å². The molecular formula is C28H23ClN4O5. The number of benzene rings is 2. The van der Waals surface area contributed by atoms with Gasteiger partial charge in [0, 0.05) is 47.4 Å². The van der Waals surface area contributed by atoms with E-state index in [9.17, 15) is 9.59 Å². The molecule has 6 rings (SSSR count).